The number of ether oxygens (including phenoxy) is 2. The van der Waals surface area contributed by atoms with Gasteiger partial charge in [0.25, 0.3) is 5.91 Å². The summed E-state index contributed by atoms with van der Waals surface area (Å²) in [7, 11) is 0. The summed E-state index contributed by atoms with van der Waals surface area (Å²) in [5.74, 6) is 1.20. The Labute approximate surface area is 182 Å². The number of hydrogen-bond acceptors (Lipinski definition) is 4. The second-order valence-corrected chi connectivity index (χ2v) is 9.12. The molecule has 1 N–H and O–H groups in total. The number of nitrogens with one attached hydrogen (secondary N) is 1. The first kappa shape index (κ1) is 19.7. The van der Waals surface area contributed by atoms with Crippen LogP contribution in [0.3, 0.4) is 0 Å². The maximum absolute atomic E-state index is 13.1. The highest BCUT2D eigenvalue weighted by Crippen LogP contribution is 2.41. The van der Waals surface area contributed by atoms with Gasteiger partial charge in [0.1, 0.15) is 13.2 Å². The molecule has 2 aromatic carbocycles. The topological polar surface area (TPSA) is 65.4 Å². The second kappa shape index (κ2) is 7.76. The first-order chi connectivity index (χ1) is 15.0. The third-order valence-corrected chi connectivity index (χ3v) is 6.04. The van der Waals surface area contributed by atoms with Crippen molar-refractivity contribution in [1.29, 1.82) is 0 Å². The molecule has 31 heavy (non-hydrogen) atoms. The number of carbonyl (C=O) groups is 1. The van der Waals surface area contributed by atoms with Gasteiger partial charge in [-0.1, -0.05) is 44.2 Å². The number of fused-ring (bicyclic) bond motifs is 2. The van der Waals surface area contributed by atoms with Gasteiger partial charge in [0, 0.05) is 16.8 Å². The van der Waals surface area contributed by atoms with Crippen LogP contribution in [-0.2, 0) is 13.0 Å². The summed E-state index contributed by atoms with van der Waals surface area (Å²) in [6.45, 7) is 6.26. The van der Waals surface area contributed by atoms with E-state index in [2.05, 4.69) is 41.1 Å². The lowest BCUT2D eigenvalue weighted by molar-refractivity contribution is 0.0917. The Hall–Kier alpha value is -3.28. The molecule has 0 fully saturated rings. The quantitative estimate of drug-likeness (QED) is 0.693. The normalized spacial score (nSPS) is 18.8. The van der Waals surface area contributed by atoms with Crippen LogP contribution >= 0.6 is 0 Å². The molecule has 1 atom stereocenters. The van der Waals surface area contributed by atoms with Crippen LogP contribution < -0.4 is 14.8 Å². The molecule has 0 bridgehead atoms. The number of carbonyl (C=O) groups excluding carboxylic acids is 1. The van der Waals surface area contributed by atoms with Gasteiger partial charge in [-0.2, -0.15) is 5.10 Å². The van der Waals surface area contributed by atoms with Crippen LogP contribution in [0, 0.1) is 5.41 Å². The van der Waals surface area contributed by atoms with E-state index in [1.165, 1.54) is 11.3 Å². The van der Waals surface area contributed by atoms with Gasteiger partial charge >= 0.3 is 0 Å². The maximum atomic E-state index is 13.1. The molecule has 1 amide bonds. The molecular formula is C25H27N3O3. The van der Waals surface area contributed by atoms with Crippen LogP contribution in [0.15, 0.2) is 54.7 Å². The highest BCUT2D eigenvalue weighted by Gasteiger charge is 2.36. The van der Waals surface area contributed by atoms with E-state index in [-0.39, 0.29) is 17.4 Å². The molecule has 3 aromatic rings. The fraction of sp³-hybridized carbons (Fsp3) is 0.360. The lowest BCUT2D eigenvalue weighted by Gasteiger charge is -2.36. The van der Waals surface area contributed by atoms with E-state index in [4.69, 9.17) is 9.47 Å². The van der Waals surface area contributed by atoms with Crippen molar-refractivity contribution in [3.63, 3.8) is 0 Å². The van der Waals surface area contributed by atoms with E-state index in [1.807, 2.05) is 24.4 Å². The lowest BCUT2D eigenvalue weighted by Crippen LogP contribution is -2.37. The van der Waals surface area contributed by atoms with Gasteiger partial charge in [-0.25, -0.2) is 0 Å². The smallest absolute Gasteiger partial charge is 0.251 e. The van der Waals surface area contributed by atoms with Gasteiger partial charge in [0.05, 0.1) is 18.8 Å². The Morgan fingerprint density at radius 1 is 1.13 bits per heavy atom. The molecule has 0 spiro atoms. The number of hydrogen-bond donors (Lipinski definition) is 1. The Balaban J connectivity index is 1.40. The zero-order valence-corrected chi connectivity index (χ0v) is 17.9. The molecule has 0 saturated carbocycles. The lowest BCUT2D eigenvalue weighted by atomic mass is 9.74. The van der Waals surface area contributed by atoms with E-state index in [9.17, 15) is 4.79 Å². The summed E-state index contributed by atoms with van der Waals surface area (Å²) >= 11 is 0. The summed E-state index contributed by atoms with van der Waals surface area (Å²) < 4.78 is 13.3. The van der Waals surface area contributed by atoms with Crippen molar-refractivity contribution in [2.45, 2.75) is 39.3 Å². The fourth-order valence-electron chi connectivity index (χ4n) is 4.55. The summed E-state index contributed by atoms with van der Waals surface area (Å²) in [6.07, 6.45) is 3.72. The molecule has 1 aromatic heterocycles. The van der Waals surface area contributed by atoms with Crippen LogP contribution in [0.1, 0.15) is 53.5 Å². The van der Waals surface area contributed by atoms with Crippen molar-refractivity contribution in [3.8, 4) is 11.5 Å². The molecule has 1 unspecified atom stereocenters. The third-order valence-electron chi connectivity index (χ3n) is 6.04. The minimum absolute atomic E-state index is 0.0617. The van der Waals surface area contributed by atoms with Crippen molar-refractivity contribution in [1.82, 2.24) is 15.1 Å². The van der Waals surface area contributed by atoms with Crippen LogP contribution in [0.5, 0.6) is 11.5 Å². The molecule has 2 heterocycles. The Bertz CT molecular complexity index is 1100. The van der Waals surface area contributed by atoms with E-state index >= 15 is 0 Å². The standard InChI is InChI=1S/C25H27N3O3/c1-25(2)13-20(27-24(29)18-8-9-22-23(12-18)31-11-10-30-22)19-15-26-28(21(19)14-25)16-17-6-4-3-5-7-17/h3-9,12,15,20H,10-11,13-14,16H2,1-2H3,(H,27,29). The average molecular weight is 418 g/mol. The molecule has 1 aliphatic carbocycles. The molecule has 160 valence electrons. The number of nitrogens with zero attached hydrogens (tertiary/aromatic N) is 2. The fourth-order valence-corrected chi connectivity index (χ4v) is 4.55. The molecule has 2 aliphatic rings. The minimum atomic E-state index is -0.110. The summed E-state index contributed by atoms with van der Waals surface area (Å²) in [4.78, 5) is 13.1. The largest absolute Gasteiger partial charge is 0.486 e. The SMILES string of the molecule is CC1(C)Cc2c(cnn2Cc2ccccc2)C(NC(=O)c2ccc3c(c2)OCCO3)C1. The maximum Gasteiger partial charge on any atom is 0.251 e. The number of benzene rings is 2. The van der Waals surface area contributed by atoms with E-state index in [0.29, 0.717) is 30.3 Å². The number of aromatic nitrogens is 2. The second-order valence-electron chi connectivity index (χ2n) is 9.12. The number of amides is 1. The van der Waals surface area contributed by atoms with Crippen molar-refractivity contribution < 1.29 is 14.3 Å². The van der Waals surface area contributed by atoms with Crippen molar-refractivity contribution in [3.05, 3.63) is 77.1 Å². The van der Waals surface area contributed by atoms with Gasteiger partial charge < -0.3 is 14.8 Å². The van der Waals surface area contributed by atoms with Gasteiger partial charge in [-0.3, -0.25) is 9.48 Å². The van der Waals surface area contributed by atoms with E-state index in [1.54, 1.807) is 18.2 Å². The summed E-state index contributed by atoms with van der Waals surface area (Å²) in [5, 5.41) is 7.92. The third kappa shape index (κ3) is 4.02. The van der Waals surface area contributed by atoms with Gasteiger partial charge in [-0.05, 0) is 42.0 Å². The minimum Gasteiger partial charge on any atom is -0.486 e. The van der Waals surface area contributed by atoms with Crippen LogP contribution in [0.4, 0.5) is 0 Å². The molecular weight excluding hydrogens is 390 g/mol. The van der Waals surface area contributed by atoms with Crippen LogP contribution in [-0.4, -0.2) is 28.9 Å². The molecule has 5 rings (SSSR count). The zero-order chi connectivity index (χ0) is 21.4. The highest BCUT2D eigenvalue weighted by molar-refractivity contribution is 5.95. The summed E-state index contributed by atoms with van der Waals surface area (Å²) in [5.41, 5.74) is 4.17. The van der Waals surface area contributed by atoms with Crippen molar-refractivity contribution in [2.75, 3.05) is 13.2 Å². The Morgan fingerprint density at radius 3 is 2.71 bits per heavy atom. The molecule has 6 heteroatoms. The van der Waals surface area contributed by atoms with Crippen LogP contribution in [0.2, 0.25) is 0 Å². The molecule has 0 saturated heterocycles. The number of rotatable bonds is 4. The van der Waals surface area contributed by atoms with E-state index < -0.39 is 0 Å². The predicted octanol–water partition coefficient (Wildman–Crippen LogP) is 4.15. The first-order valence-corrected chi connectivity index (χ1v) is 10.8. The monoisotopic (exact) mass is 417 g/mol. The average Bonchev–Trinajstić information content (AvgIpc) is 3.15. The van der Waals surface area contributed by atoms with E-state index in [0.717, 1.165) is 24.9 Å². The van der Waals surface area contributed by atoms with Gasteiger partial charge in [-0.15, -0.1) is 0 Å². The van der Waals surface area contributed by atoms with Crippen LogP contribution in [0.25, 0.3) is 0 Å². The first-order valence-electron chi connectivity index (χ1n) is 10.8. The van der Waals surface area contributed by atoms with Crippen molar-refractivity contribution >= 4 is 5.91 Å². The van der Waals surface area contributed by atoms with Crippen molar-refractivity contribution in [2.24, 2.45) is 5.41 Å². The summed E-state index contributed by atoms with van der Waals surface area (Å²) in [6, 6.07) is 15.6. The molecule has 6 nitrogen and oxygen atoms in total. The highest BCUT2D eigenvalue weighted by atomic mass is 16.6. The zero-order valence-electron chi connectivity index (χ0n) is 17.9. The Morgan fingerprint density at radius 2 is 1.90 bits per heavy atom. The van der Waals surface area contributed by atoms with Gasteiger partial charge in [0.15, 0.2) is 11.5 Å². The molecule has 1 aliphatic heterocycles. The van der Waals surface area contributed by atoms with Gasteiger partial charge in [0.2, 0.25) is 0 Å². The Kier molecular flexibility index (Phi) is 4.93. The predicted molar refractivity (Wildman–Crippen MR) is 118 cm³/mol. The molecule has 0 radical (unpaired) electrons.